The van der Waals surface area contributed by atoms with E-state index >= 15 is 0 Å². The fraction of sp³-hybridized carbons (Fsp3) is 0.600. The minimum absolute atomic E-state index is 0.0663. The van der Waals surface area contributed by atoms with Gasteiger partial charge in [-0.2, -0.15) is 8.78 Å². The fourth-order valence-corrected chi connectivity index (χ4v) is 1.62. The molecule has 1 fully saturated rings. The van der Waals surface area contributed by atoms with Crippen LogP contribution in [-0.2, 0) is 6.61 Å². The molecule has 2 rings (SSSR count). The fourth-order valence-electron chi connectivity index (χ4n) is 1.62. The molecule has 0 bridgehead atoms. The Balaban J connectivity index is 0.000000377. The van der Waals surface area contributed by atoms with Gasteiger partial charge in [0.25, 0.3) is 0 Å². The smallest absolute Gasteiger partial charge is 0.387 e. The van der Waals surface area contributed by atoms with E-state index in [1.165, 1.54) is 44.5 Å². The van der Waals surface area contributed by atoms with Crippen molar-refractivity contribution in [3.63, 3.8) is 0 Å². The van der Waals surface area contributed by atoms with E-state index in [1.54, 1.807) is 12.1 Å². The number of nitrogens with one attached hydrogen (secondary N) is 1. The van der Waals surface area contributed by atoms with E-state index in [0.717, 1.165) is 0 Å². The molecular formula is C15H25F2NO2. The summed E-state index contributed by atoms with van der Waals surface area (Å²) in [5.74, 6) is 0.0663. The van der Waals surface area contributed by atoms with E-state index in [2.05, 4.69) is 10.1 Å². The number of aliphatic hydroxyl groups is 1. The Morgan fingerprint density at radius 1 is 1.20 bits per heavy atom. The van der Waals surface area contributed by atoms with E-state index in [9.17, 15) is 8.78 Å². The molecule has 0 aromatic heterocycles. The Labute approximate surface area is 120 Å². The average Bonchev–Trinajstić information content (AvgIpc) is 2.51. The number of hydrogen-bond donors (Lipinski definition) is 2. The van der Waals surface area contributed by atoms with Gasteiger partial charge in [0.2, 0.25) is 0 Å². The van der Waals surface area contributed by atoms with Crippen molar-refractivity contribution in [1.29, 1.82) is 0 Å². The SMILES string of the molecule is C1CCNCC1.CC.OCc1cccc(OC(F)F)c1. The molecular weight excluding hydrogens is 264 g/mol. The lowest BCUT2D eigenvalue weighted by Gasteiger charge is -2.08. The number of aliphatic hydroxyl groups excluding tert-OH is 1. The highest BCUT2D eigenvalue weighted by Crippen LogP contribution is 2.15. The molecule has 1 aliphatic heterocycles. The largest absolute Gasteiger partial charge is 0.435 e. The Kier molecular flexibility index (Phi) is 12.0. The lowest BCUT2D eigenvalue weighted by Crippen LogP contribution is -2.21. The third-order valence-corrected chi connectivity index (χ3v) is 2.51. The lowest BCUT2D eigenvalue weighted by atomic mass is 10.2. The van der Waals surface area contributed by atoms with Gasteiger partial charge < -0.3 is 15.2 Å². The summed E-state index contributed by atoms with van der Waals surface area (Å²) < 4.78 is 27.5. The first kappa shape index (κ1) is 18.8. The molecule has 0 saturated carbocycles. The van der Waals surface area contributed by atoms with Crippen LogP contribution in [0.5, 0.6) is 5.75 Å². The maximum absolute atomic E-state index is 11.7. The number of ether oxygens (including phenoxy) is 1. The maximum atomic E-state index is 11.7. The van der Waals surface area contributed by atoms with Gasteiger partial charge in [0, 0.05) is 0 Å². The second-order valence-corrected chi connectivity index (χ2v) is 3.99. The summed E-state index contributed by atoms with van der Waals surface area (Å²) in [6, 6.07) is 5.94. The lowest BCUT2D eigenvalue weighted by molar-refractivity contribution is -0.0499. The molecule has 5 heteroatoms. The van der Waals surface area contributed by atoms with Crippen molar-refractivity contribution < 1.29 is 18.6 Å². The highest BCUT2D eigenvalue weighted by atomic mass is 19.3. The molecule has 1 heterocycles. The van der Waals surface area contributed by atoms with Gasteiger partial charge in [-0.1, -0.05) is 32.4 Å². The van der Waals surface area contributed by atoms with Crippen molar-refractivity contribution >= 4 is 0 Å². The van der Waals surface area contributed by atoms with Crippen LogP contribution in [-0.4, -0.2) is 24.8 Å². The van der Waals surface area contributed by atoms with Crippen molar-refractivity contribution in [2.24, 2.45) is 0 Å². The van der Waals surface area contributed by atoms with Gasteiger partial charge in [-0.05, 0) is 43.6 Å². The molecule has 0 amide bonds. The minimum atomic E-state index is -2.82. The van der Waals surface area contributed by atoms with Crippen molar-refractivity contribution in [2.75, 3.05) is 13.1 Å². The quantitative estimate of drug-likeness (QED) is 0.894. The third kappa shape index (κ3) is 9.69. The molecule has 1 aromatic rings. The van der Waals surface area contributed by atoms with E-state index in [-0.39, 0.29) is 12.4 Å². The van der Waals surface area contributed by atoms with Gasteiger partial charge in [0.1, 0.15) is 5.75 Å². The number of benzene rings is 1. The van der Waals surface area contributed by atoms with Crippen LogP contribution >= 0.6 is 0 Å². The summed E-state index contributed by atoms with van der Waals surface area (Å²) in [5.41, 5.74) is 0.549. The van der Waals surface area contributed by atoms with Gasteiger partial charge in [-0.25, -0.2) is 0 Å². The monoisotopic (exact) mass is 289 g/mol. The zero-order valence-electron chi connectivity index (χ0n) is 12.2. The van der Waals surface area contributed by atoms with Crippen molar-refractivity contribution in [2.45, 2.75) is 46.3 Å². The molecule has 0 radical (unpaired) electrons. The van der Waals surface area contributed by atoms with E-state index < -0.39 is 6.61 Å². The predicted octanol–water partition coefficient (Wildman–Crippen LogP) is 3.57. The molecule has 116 valence electrons. The first-order chi connectivity index (χ1) is 9.72. The molecule has 0 unspecified atom stereocenters. The van der Waals surface area contributed by atoms with Crippen LogP contribution < -0.4 is 10.1 Å². The van der Waals surface area contributed by atoms with E-state index in [4.69, 9.17) is 5.11 Å². The van der Waals surface area contributed by atoms with Crippen LogP contribution in [0.1, 0.15) is 38.7 Å². The van der Waals surface area contributed by atoms with Crippen LogP contribution in [0.4, 0.5) is 8.78 Å². The topological polar surface area (TPSA) is 41.5 Å². The Morgan fingerprint density at radius 2 is 1.85 bits per heavy atom. The molecule has 0 spiro atoms. The summed E-state index contributed by atoms with van der Waals surface area (Å²) in [7, 11) is 0. The maximum Gasteiger partial charge on any atom is 0.387 e. The van der Waals surface area contributed by atoms with Crippen LogP contribution in [0, 0.1) is 0 Å². The second-order valence-electron chi connectivity index (χ2n) is 3.99. The number of hydrogen-bond acceptors (Lipinski definition) is 3. The normalized spacial score (nSPS) is 13.7. The molecule has 0 aliphatic carbocycles. The summed E-state index contributed by atoms with van der Waals surface area (Å²) >= 11 is 0. The van der Waals surface area contributed by atoms with Crippen molar-refractivity contribution in [3.05, 3.63) is 29.8 Å². The molecule has 1 aromatic carbocycles. The van der Waals surface area contributed by atoms with Gasteiger partial charge in [0.15, 0.2) is 0 Å². The Morgan fingerprint density at radius 3 is 2.25 bits per heavy atom. The summed E-state index contributed by atoms with van der Waals surface area (Å²) in [4.78, 5) is 0. The van der Waals surface area contributed by atoms with Crippen LogP contribution in [0.25, 0.3) is 0 Å². The molecule has 20 heavy (non-hydrogen) atoms. The third-order valence-electron chi connectivity index (χ3n) is 2.51. The van der Waals surface area contributed by atoms with E-state index in [0.29, 0.717) is 5.56 Å². The molecule has 2 N–H and O–H groups in total. The van der Waals surface area contributed by atoms with Gasteiger partial charge >= 0.3 is 6.61 Å². The average molecular weight is 289 g/mol. The van der Waals surface area contributed by atoms with Gasteiger partial charge in [-0.15, -0.1) is 0 Å². The highest BCUT2D eigenvalue weighted by Gasteiger charge is 2.03. The number of halogens is 2. The Hall–Kier alpha value is -1.20. The predicted molar refractivity (Wildman–Crippen MR) is 77.1 cm³/mol. The van der Waals surface area contributed by atoms with Gasteiger partial charge in [-0.3, -0.25) is 0 Å². The van der Waals surface area contributed by atoms with Crippen molar-refractivity contribution in [1.82, 2.24) is 5.32 Å². The summed E-state index contributed by atoms with van der Waals surface area (Å²) in [6.07, 6.45) is 4.22. The molecule has 3 nitrogen and oxygen atoms in total. The van der Waals surface area contributed by atoms with Crippen LogP contribution in [0.15, 0.2) is 24.3 Å². The highest BCUT2D eigenvalue weighted by molar-refractivity contribution is 5.27. The van der Waals surface area contributed by atoms with Gasteiger partial charge in [0.05, 0.1) is 6.61 Å². The number of alkyl halides is 2. The van der Waals surface area contributed by atoms with Crippen LogP contribution in [0.2, 0.25) is 0 Å². The summed E-state index contributed by atoms with van der Waals surface area (Å²) in [6.45, 7) is 3.50. The first-order valence-corrected chi connectivity index (χ1v) is 7.07. The number of rotatable bonds is 3. The van der Waals surface area contributed by atoms with Crippen molar-refractivity contribution in [3.8, 4) is 5.75 Å². The number of piperidine rings is 1. The zero-order valence-corrected chi connectivity index (χ0v) is 12.2. The summed E-state index contributed by atoms with van der Waals surface area (Å²) in [5, 5.41) is 11.9. The second kappa shape index (κ2) is 12.8. The van der Waals surface area contributed by atoms with E-state index in [1.807, 2.05) is 13.8 Å². The molecule has 1 aliphatic rings. The minimum Gasteiger partial charge on any atom is -0.435 e. The standard InChI is InChI=1S/C8H8F2O2.C5H11N.C2H6/c9-8(10)12-7-3-1-2-6(4-7)5-11;1-2-4-6-5-3-1;1-2/h1-4,8,11H,5H2;6H,1-5H2;1-2H3. The first-order valence-electron chi connectivity index (χ1n) is 7.07. The molecule has 0 atom stereocenters. The van der Waals surface area contributed by atoms with Crippen LogP contribution in [0.3, 0.4) is 0 Å². The Bertz CT molecular complexity index is 320. The zero-order chi connectivity index (χ0) is 15.2. The molecule has 1 saturated heterocycles.